The Balaban J connectivity index is 1.81. The van der Waals surface area contributed by atoms with E-state index in [2.05, 4.69) is 62.4 Å². The Kier molecular flexibility index (Phi) is 5.74. The van der Waals surface area contributed by atoms with Gasteiger partial charge in [-0.1, -0.05) is 87.1 Å². The molecule has 0 atom stereocenters. The van der Waals surface area contributed by atoms with Crippen LogP contribution in [-0.4, -0.2) is 0 Å². The van der Waals surface area contributed by atoms with Gasteiger partial charge in [0.05, 0.1) is 0 Å². The van der Waals surface area contributed by atoms with Gasteiger partial charge in [0.1, 0.15) is 11.3 Å². The maximum absolute atomic E-state index is 6.21. The minimum absolute atomic E-state index is 1.01. The highest BCUT2D eigenvalue weighted by Gasteiger charge is 2.15. The van der Waals surface area contributed by atoms with Crippen molar-refractivity contribution in [2.24, 2.45) is 0 Å². The Morgan fingerprint density at radius 2 is 1.50 bits per heavy atom. The van der Waals surface area contributed by atoms with Crippen LogP contribution >= 0.6 is 0 Å². The number of fused-ring (bicyclic) bond motifs is 1. The van der Waals surface area contributed by atoms with Gasteiger partial charge in [0.25, 0.3) is 0 Å². The van der Waals surface area contributed by atoms with E-state index in [4.69, 9.17) is 4.42 Å². The second-order valence-corrected chi connectivity index (χ2v) is 6.78. The molecule has 0 radical (unpaired) electrons. The fraction of sp³-hybridized carbons (Fsp3) is 0.391. The molecule has 0 unspecified atom stereocenters. The van der Waals surface area contributed by atoms with Crippen LogP contribution in [0.4, 0.5) is 0 Å². The molecule has 3 aromatic rings. The standard InChI is InChI=1S/C23H28O/c1-3-4-5-6-7-8-13-22-23(19-16-14-18(2)15-17-19)20-11-9-10-12-21(20)24-22/h9-12,14-17H,3-8,13H2,1-2H3. The molecule has 2 aromatic carbocycles. The van der Waals surface area contributed by atoms with Gasteiger partial charge in [-0.3, -0.25) is 0 Å². The number of benzene rings is 2. The zero-order valence-corrected chi connectivity index (χ0v) is 15.0. The van der Waals surface area contributed by atoms with Crippen molar-refractivity contribution in [3.8, 4) is 11.1 Å². The highest BCUT2D eigenvalue weighted by atomic mass is 16.3. The van der Waals surface area contributed by atoms with E-state index < -0.39 is 0 Å². The van der Waals surface area contributed by atoms with Crippen LogP contribution in [0.2, 0.25) is 0 Å². The van der Waals surface area contributed by atoms with Crippen molar-refractivity contribution < 1.29 is 4.42 Å². The lowest BCUT2D eigenvalue weighted by atomic mass is 9.98. The van der Waals surface area contributed by atoms with E-state index in [-0.39, 0.29) is 0 Å². The van der Waals surface area contributed by atoms with E-state index in [0.29, 0.717) is 0 Å². The molecule has 1 heterocycles. The lowest BCUT2D eigenvalue weighted by Gasteiger charge is -2.05. The van der Waals surface area contributed by atoms with Crippen LogP contribution < -0.4 is 0 Å². The minimum Gasteiger partial charge on any atom is -0.460 e. The Hall–Kier alpha value is -2.02. The van der Waals surface area contributed by atoms with Crippen molar-refractivity contribution in [1.82, 2.24) is 0 Å². The van der Waals surface area contributed by atoms with Gasteiger partial charge in [0.2, 0.25) is 0 Å². The second kappa shape index (κ2) is 8.19. The Morgan fingerprint density at radius 1 is 0.792 bits per heavy atom. The summed E-state index contributed by atoms with van der Waals surface area (Å²) < 4.78 is 6.21. The monoisotopic (exact) mass is 320 g/mol. The molecule has 0 aliphatic rings. The predicted molar refractivity (Wildman–Crippen MR) is 103 cm³/mol. The fourth-order valence-corrected chi connectivity index (χ4v) is 3.37. The maximum Gasteiger partial charge on any atom is 0.134 e. The molecule has 0 spiro atoms. The second-order valence-electron chi connectivity index (χ2n) is 6.78. The largest absolute Gasteiger partial charge is 0.460 e. The summed E-state index contributed by atoms with van der Waals surface area (Å²) in [6.07, 6.45) is 8.91. The Morgan fingerprint density at radius 3 is 2.29 bits per heavy atom. The normalized spacial score (nSPS) is 11.2. The van der Waals surface area contributed by atoms with Crippen LogP contribution in [0.3, 0.4) is 0 Å². The number of rotatable bonds is 8. The van der Waals surface area contributed by atoms with Gasteiger partial charge in [-0.25, -0.2) is 0 Å². The van der Waals surface area contributed by atoms with Crippen molar-refractivity contribution in [3.63, 3.8) is 0 Å². The van der Waals surface area contributed by atoms with Gasteiger partial charge in [-0.05, 0) is 25.0 Å². The molecule has 1 heteroatoms. The van der Waals surface area contributed by atoms with Crippen molar-refractivity contribution in [2.45, 2.75) is 58.8 Å². The molecule has 3 rings (SSSR count). The van der Waals surface area contributed by atoms with Gasteiger partial charge >= 0.3 is 0 Å². The van der Waals surface area contributed by atoms with Gasteiger partial charge in [0, 0.05) is 17.4 Å². The first kappa shape index (κ1) is 16.8. The lowest BCUT2D eigenvalue weighted by molar-refractivity contribution is 0.523. The third-order valence-electron chi connectivity index (χ3n) is 4.77. The molecule has 0 fully saturated rings. The summed E-state index contributed by atoms with van der Waals surface area (Å²) in [5.74, 6) is 1.15. The highest BCUT2D eigenvalue weighted by Crippen LogP contribution is 2.35. The summed E-state index contributed by atoms with van der Waals surface area (Å²) in [4.78, 5) is 0. The lowest BCUT2D eigenvalue weighted by Crippen LogP contribution is -1.88. The molecule has 0 saturated carbocycles. The fourth-order valence-electron chi connectivity index (χ4n) is 3.37. The summed E-state index contributed by atoms with van der Waals surface area (Å²) in [7, 11) is 0. The van der Waals surface area contributed by atoms with Crippen LogP contribution in [0, 0.1) is 6.92 Å². The topological polar surface area (TPSA) is 13.1 Å². The molecule has 0 saturated heterocycles. The molecular formula is C23H28O. The van der Waals surface area contributed by atoms with Crippen molar-refractivity contribution >= 4 is 11.0 Å². The molecule has 0 aliphatic heterocycles. The van der Waals surface area contributed by atoms with Crippen LogP contribution in [0.25, 0.3) is 22.1 Å². The Bertz CT molecular complexity index is 764. The molecule has 0 N–H and O–H groups in total. The molecule has 24 heavy (non-hydrogen) atoms. The van der Waals surface area contributed by atoms with Crippen molar-refractivity contribution in [2.75, 3.05) is 0 Å². The molecule has 1 aromatic heterocycles. The SMILES string of the molecule is CCCCCCCCc1oc2ccccc2c1-c1ccc(C)cc1. The molecule has 126 valence electrons. The van der Waals surface area contributed by atoms with E-state index in [1.807, 2.05) is 0 Å². The maximum atomic E-state index is 6.21. The van der Waals surface area contributed by atoms with Crippen molar-refractivity contribution in [3.05, 3.63) is 59.9 Å². The van der Waals surface area contributed by atoms with Crippen LogP contribution in [0.15, 0.2) is 52.9 Å². The first-order valence-corrected chi connectivity index (χ1v) is 9.37. The van der Waals surface area contributed by atoms with Gasteiger partial charge in [-0.2, -0.15) is 0 Å². The predicted octanol–water partition coefficient (Wildman–Crippen LogP) is 7.31. The van der Waals surface area contributed by atoms with E-state index in [1.54, 1.807) is 0 Å². The molecular weight excluding hydrogens is 292 g/mol. The van der Waals surface area contributed by atoms with Crippen LogP contribution in [0.5, 0.6) is 0 Å². The number of furan rings is 1. The average Bonchev–Trinajstić information content (AvgIpc) is 2.97. The zero-order chi connectivity index (χ0) is 16.8. The number of hydrogen-bond acceptors (Lipinski definition) is 1. The summed E-state index contributed by atoms with van der Waals surface area (Å²) in [5, 5.41) is 1.24. The first-order valence-electron chi connectivity index (χ1n) is 9.37. The van der Waals surface area contributed by atoms with E-state index in [1.165, 1.54) is 60.6 Å². The first-order chi connectivity index (χ1) is 11.8. The van der Waals surface area contributed by atoms with E-state index in [9.17, 15) is 0 Å². The van der Waals surface area contributed by atoms with Gasteiger partial charge in [0.15, 0.2) is 0 Å². The number of aryl methyl sites for hydroxylation is 2. The number of unbranched alkanes of at least 4 members (excludes halogenated alkanes) is 5. The van der Waals surface area contributed by atoms with E-state index in [0.717, 1.165) is 17.8 Å². The summed E-state index contributed by atoms with van der Waals surface area (Å²) in [6, 6.07) is 17.2. The highest BCUT2D eigenvalue weighted by molar-refractivity contribution is 5.95. The molecule has 0 aliphatic carbocycles. The minimum atomic E-state index is 1.01. The smallest absolute Gasteiger partial charge is 0.134 e. The van der Waals surface area contributed by atoms with Crippen molar-refractivity contribution in [1.29, 1.82) is 0 Å². The number of para-hydroxylation sites is 1. The summed E-state index contributed by atoms with van der Waals surface area (Å²) >= 11 is 0. The van der Waals surface area contributed by atoms with Gasteiger partial charge < -0.3 is 4.42 Å². The number of hydrogen-bond donors (Lipinski definition) is 0. The summed E-state index contributed by atoms with van der Waals surface area (Å²) in [5.41, 5.74) is 4.86. The summed E-state index contributed by atoms with van der Waals surface area (Å²) in [6.45, 7) is 4.40. The quantitative estimate of drug-likeness (QED) is 0.396. The third kappa shape index (κ3) is 3.90. The Labute approximate surface area is 145 Å². The van der Waals surface area contributed by atoms with E-state index >= 15 is 0 Å². The molecule has 0 bridgehead atoms. The third-order valence-corrected chi connectivity index (χ3v) is 4.77. The molecule has 1 nitrogen and oxygen atoms in total. The zero-order valence-electron chi connectivity index (χ0n) is 15.0. The van der Waals surface area contributed by atoms with Crippen LogP contribution in [0.1, 0.15) is 56.8 Å². The van der Waals surface area contributed by atoms with Gasteiger partial charge in [-0.15, -0.1) is 0 Å². The van der Waals surface area contributed by atoms with Crippen LogP contribution in [-0.2, 0) is 6.42 Å². The molecule has 0 amide bonds. The average molecular weight is 320 g/mol.